The third kappa shape index (κ3) is 5.03. The van der Waals surface area contributed by atoms with Gasteiger partial charge in [0.15, 0.2) is 0 Å². The molecule has 0 bridgehead atoms. The van der Waals surface area contributed by atoms with Crippen LogP contribution in [-0.2, 0) is 24.0 Å². The normalized spacial score (nSPS) is 15.1. The Kier molecular flexibility index (Phi) is 6.33. The zero-order chi connectivity index (χ0) is 22.7. The molecule has 1 aliphatic heterocycles. The summed E-state index contributed by atoms with van der Waals surface area (Å²) in [7, 11) is 0. The van der Waals surface area contributed by atoms with Crippen LogP contribution in [0, 0.1) is 6.92 Å². The molecule has 3 aromatic rings. The van der Waals surface area contributed by atoms with E-state index in [1.807, 2.05) is 6.07 Å². The number of alkyl halides is 3. The lowest BCUT2D eigenvalue weighted by Crippen LogP contribution is -2.35. The molecular formula is C22H22F3N3O4. The predicted molar refractivity (Wildman–Crippen MR) is 108 cm³/mol. The number of aryl methyl sites for hydroxylation is 1. The molecule has 1 saturated heterocycles. The average molecular weight is 449 g/mol. The topological polar surface area (TPSA) is 80.7 Å². The van der Waals surface area contributed by atoms with Gasteiger partial charge in [0, 0.05) is 18.7 Å². The van der Waals surface area contributed by atoms with Crippen LogP contribution < -0.4 is 5.32 Å². The fraction of sp³-hybridized carbons (Fsp3) is 0.364. The molecule has 4 rings (SSSR count). The van der Waals surface area contributed by atoms with Gasteiger partial charge in [-0.05, 0) is 31.2 Å². The molecular weight excluding hydrogens is 427 g/mol. The first-order chi connectivity index (χ1) is 15.3. The second kappa shape index (κ2) is 9.17. The van der Waals surface area contributed by atoms with Crippen LogP contribution in [-0.4, -0.2) is 42.3 Å². The van der Waals surface area contributed by atoms with Crippen LogP contribution in [0.4, 0.5) is 13.2 Å². The van der Waals surface area contributed by atoms with E-state index in [0.29, 0.717) is 31.1 Å². The number of benzene rings is 1. The van der Waals surface area contributed by atoms with E-state index in [1.54, 1.807) is 13.0 Å². The van der Waals surface area contributed by atoms with Crippen molar-refractivity contribution in [3.05, 3.63) is 64.8 Å². The Balaban J connectivity index is 1.42. The second-order valence-electron chi connectivity index (χ2n) is 7.48. The monoisotopic (exact) mass is 449 g/mol. The Morgan fingerprint density at radius 2 is 1.78 bits per heavy atom. The van der Waals surface area contributed by atoms with Gasteiger partial charge in [-0.1, -0.05) is 17.3 Å². The van der Waals surface area contributed by atoms with Gasteiger partial charge in [0.25, 0.3) is 5.91 Å². The molecule has 0 aliphatic carbocycles. The lowest BCUT2D eigenvalue weighted by Gasteiger charge is -2.25. The molecule has 1 fully saturated rings. The minimum Gasteiger partial charge on any atom is -0.463 e. The summed E-state index contributed by atoms with van der Waals surface area (Å²) >= 11 is 0. The standard InChI is InChI=1S/C22H22F3N3O4/c1-14-19(20(27-32-14)15-2-4-16(5-3-15)22(23,24)25)21(29)26-12-17-6-7-18(31-17)13-28-8-10-30-11-9-28/h2-7H,8-13H2,1H3,(H,26,29). The van der Waals surface area contributed by atoms with E-state index >= 15 is 0 Å². The molecule has 1 aromatic carbocycles. The number of nitrogens with one attached hydrogen (secondary N) is 1. The van der Waals surface area contributed by atoms with Gasteiger partial charge in [0.1, 0.15) is 28.5 Å². The Morgan fingerprint density at radius 3 is 2.47 bits per heavy atom. The van der Waals surface area contributed by atoms with E-state index < -0.39 is 17.6 Å². The van der Waals surface area contributed by atoms with Crippen molar-refractivity contribution < 1.29 is 31.6 Å². The highest BCUT2D eigenvalue weighted by molar-refractivity contribution is 6.00. The Labute approximate surface area is 182 Å². The highest BCUT2D eigenvalue weighted by Crippen LogP contribution is 2.32. The van der Waals surface area contributed by atoms with Crippen LogP contribution in [0.1, 0.15) is 33.2 Å². The minimum absolute atomic E-state index is 0.152. The Hall–Kier alpha value is -3.11. The maximum atomic E-state index is 12.8. The molecule has 1 N–H and O–H groups in total. The van der Waals surface area contributed by atoms with Crippen molar-refractivity contribution in [2.24, 2.45) is 0 Å². The van der Waals surface area contributed by atoms with Gasteiger partial charge in [0.05, 0.1) is 31.9 Å². The van der Waals surface area contributed by atoms with Crippen LogP contribution >= 0.6 is 0 Å². The summed E-state index contributed by atoms with van der Waals surface area (Å²) < 4.78 is 54.7. The zero-order valence-electron chi connectivity index (χ0n) is 17.4. The highest BCUT2D eigenvalue weighted by Gasteiger charge is 2.30. The fourth-order valence-electron chi connectivity index (χ4n) is 3.49. The molecule has 0 spiro atoms. The number of furan rings is 1. The molecule has 32 heavy (non-hydrogen) atoms. The number of halogens is 3. The fourth-order valence-corrected chi connectivity index (χ4v) is 3.49. The number of carbonyl (C=O) groups excluding carboxylic acids is 1. The van der Waals surface area contributed by atoms with Crippen molar-refractivity contribution in [3.63, 3.8) is 0 Å². The number of morpholine rings is 1. The van der Waals surface area contributed by atoms with E-state index in [2.05, 4.69) is 15.4 Å². The first-order valence-corrected chi connectivity index (χ1v) is 10.1. The number of aromatic nitrogens is 1. The summed E-state index contributed by atoms with van der Waals surface area (Å²) in [6, 6.07) is 8.09. The predicted octanol–water partition coefficient (Wildman–Crippen LogP) is 4.02. The molecule has 3 heterocycles. The maximum absolute atomic E-state index is 12.8. The molecule has 0 saturated carbocycles. The lowest BCUT2D eigenvalue weighted by atomic mass is 10.0. The van der Waals surface area contributed by atoms with E-state index in [0.717, 1.165) is 31.0 Å². The number of rotatable bonds is 6. The number of carbonyl (C=O) groups is 1. The first kappa shape index (κ1) is 22.1. The van der Waals surface area contributed by atoms with Gasteiger partial charge in [0.2, 0.25) is 0 Å². The van der Waals surface area contributed by atoms with Crippen molar-refractivity contribution in [1.82, 2.24) is 15.4 Å². The van der Waals surface area contributed by atoms with E-state index in [9.17, 15) is 18.0 Å². The van der Waals surface area contributed by atoms with Crippen LogP contribution in [0.25, 0.3) is 11.3 Å². The molecule has 7 nitrogen and oxygen atoms in total. The molecule has 10 heteroatoms. The third-order valence-electron chi connectivity index (χ3n) is 5.20. The minimum atomic E-state index is -4.44. The first-order valence-electron chi connectivity index (χ1n) is 10.1. The number of ether oxygens (including phenoxy) is 1. The smallest absolute Gasteiger partial charge is 0.416 e. The van der Waals surface area contributed by atoms with Crippen molar-refractivity contribution in [2.45, 2.75) is 26.2 Å². The summed E-state index contributed by atoms with van der Waals surface area (Å²) in [6.45, 7) is 5.46. The van der Waals surface area contributed by atoms with E-state index in [4.69, 9.17) is 13.7 Å². The molecule has 1 aliphatic rings. The summed E-state index contributed by atoms with van der Waals surface area (Å²) in [4.78, 5) is 15.0. The van der Waals surface area contributed by atoms with Crippen LogP contribution in [0.3, 0.4) is 0 Å². The Morgan fingerprint density at radius 1 is 1.09 bits per heavy atom. The number of hydrogen-bond donors (Lipinski definition) is 1. The van der Waals surface area contributed by atoms with Crippen LogP contribution in [0.2, 0.25) is 0 Å². The quantitative estimate of drug-likeness (QED) is 0.612. The molecule has 0 unspecified atom stereocenters. The maximum Gasteiger partial charge on any atom is 0.416 e. The van der Waals surface area contributed by atoms with Gasteiger partial charge in [-0.2, -0.15) is 13.2 Å². The van der Waals surface area contributed by atoms with Crippen molar-refractivity contribution >= 4 is 5.91 Å². The second-order valence-corrected chi connectivity index (χ2v) is 7.48. The number of hydrogen-bond acceptors (Lipinski definition) is 6. The lowest BCUT2D eigenvalue weighted by molar-refractivity contribution is -0.137. The van der Waals surface area contributed by atoms with Gasteiger partial charge in [-0.15, -0.1) is 0 Å². The number of amides is 1. The van der Waals surface area contributed by atoms with Gasteiger partial charge in [-0.25, -0.2) is 0 Å². The van der Waals surface area contributed by atoms with Crippen LogP contribution in [0.15, 0.2) is 45.3 Å². The summed E-state index contributed by atoms with van der Waals surface area (Å²) in [5, 5.41) is 6.63. The van der Waals surface area contributed by atoms with Crippen molar-refractivity contribution in [2.75, 3.05) is 26.3 Å². The van der Waals surface area contributed by atoms with Gasteiger partial charge in [-0.3, -0.25) is 9.69 Å². The van der Waals surface area contributed by atoms with Crippen molar-refractivity contribution in [1.29, 1.82) is 0 Å². The summed E-state index contributed by atoms with van der Waals surface area (Å²) in [5.41, 5.74) is -0.0741. The van der Waals surface area contributed by atoms with Gasteiger partial charge >= 0.3 is 6.18 Å². The molecule has 0 radical (unpaired) electrons. The highest BCUT2D eigenvalue weighted by atomic mass is 19.4. The molecule has 1 amide bonds. The zero-order valence-corrected chi connectivity index (χ0v) is 17.4. The Bertz CT molecular complexity index is 1070. The van der Waals surface area contributed by atoms with Crippen molar-refractivity contribution in [3.8, 4) is 11.3 Å². The molecule has 170 valence electrons. The summed E-state index contributed by atoms with van der Waals surface area (Å²) in [6.07, 6.45) is -4.44. The molecule has 2 aromatic heterocycles. The molecule has 0 atom stereocenters. The average Bonchev–Trinajstić information content (AvgIpc) is 3.38. The third-order valence-corrected chi connectivity index (χ3v) is 5.20. The summed E-state index contributed by atoms with van der Waals surface area (Å²) in [5.74, 6) is 1.20. The van der Waals surface area contributed by atoms with Gasteiger partial charge < -0.3 is 19.0 Å². The van der Waals surface area contributed by atoms with E-state index in [-0.39, 0.29) is 23.6 Å². The SMILES string of the molecule is Cc1onc(-c2ccc(C(F)(F)F)cc2)c1C(=O)NCc1ccc(CN2CCOCC2)o1. The van der Waals surface area contributed by atoms with E-state index in [1.165, 1.54) is 12.1 Å². The van der Waals surface area contributed by atoms with Crippen LogP contribution in [0.5, 0.6) is 0 Å². The number of nitrogens with zero attached hydrogens (tertiary/aromatic N) is 2. The largest absolute Gasteiger partial charge is 0.463 e.